The number of carbonyl (C=O) groups is 2. The van der Waals surface area contributed by atoms with Crippen LogP contribution in [0.2, 0.25) is 5.02 Å². The van der Waals surface area contributed by atoms with Crippen molar-refractivity contribution in [1.29, 1.82) is 0 Å². The Morgan fingerprint density at radius 1 is 1.30 bits per heavy atom. The number of halogens is 1. The first-order chi connectivity index (χ1) is 11.0. The fraction of sp³-hybridized carbons (Fsp3) is 0.529. The molecule has 0 radical (unpaired) electrons. The first-order valence-corrected chi connectivity index (χ1v) is 9.28. The number of benzene rings is 1. The number of amides is 2. The van der Waals surface area contributed by atoms with Crippen molar-refractivity contribution >= 4 is 35.2 Å². The maximum atomic E-state index is 12.6. The second-order valence-electron chi connectivity index (χ2n) is 5.86. The second kappa shape index (κ2) is 8.60. The van der Waals surface area contributed by atoms with Crippen molar-refractivity contribution in [3.63, 3.8) is 0 Å². The Balaban J connectivity index is 2.01. The van der Waals surface area contributed by atoms with E-state index in [0.717, 1.165) is 36.4 Å². The Labute approximate surface area is 146 Å². The predicted octanol–water partition coefficient (Wildman–Crippen LogP) is 3.26. The predicted molar refractivity (Wildman–Crippen MR) is 94.9 cm³/mol. The molecule has 0 saturated carbocycles. The molecule has 1 saturated heterocycles. The summed E-state index contributed by atoms with van der Waals surface area (Å²) in [5, 5.41) is 3.51. The van der Waals surface area contributed by atoms with E-state index < -0.39 is 6.04 Å². The number of hydrogen-bond acceptors (Lipinski definition) is 3. The van der Waals surface area contributed by atoms with Gasteiger partial charge >= 0.3 is 0 Å². The summed E-state index contributed by atoms with van der Waals surface area (Å²) in [7, 11) is 0. The summed E-state index contributed by atoms with van der Waals surface area (Å²) < 4.78 is 0. The molecular weight excluding hydrogens is 332 g/mol. The van der Waals surface area contributed by atoms with Gasteiger partial charge in [0, 0.05) is 35.7 Å². The van der Waals surface area contributed by atoms with Crippen molar-refractivity contribution in [2.45, 2.75) is 44.0 Å². The number of piperidine rings is 1. The molecule has 0 aromatic heterocycles. The van der Waals surface area contributed by atoms with Crippen LogP contribution in [-0.2, 0) is 9.59 Å². The third kappa shape index (κ3) is 5.43. The normalized spacial score (nSPS) is 16.0. The van der Waals surface area contributed by atoms with E-state index in [9.17, 15) is 9.59 Å². The van der Waals surface area contributed by atoms with Crippen molar-refractivity contribution in [2.24, 2.45) is 0 Å². The number of thioether (sulfide) groups is 1. The Kier molecular flexibility index (Phi) is 6.78. The molecule has 1 heterocycles. The highest BCUT2D eigenvalue weighted by molar-refractivity contribution is 7.99. The number of nitrogens with zero attached hydrogens (tertiary/aromatic N) is 1. The van der Waals surface area contributed by atoms with E-state index in [-0.39, 0.29) is 11.8 Å². The smallest absolute Gasteiger partial charge is 0.246 e. The fourth-order valence-electron chi connectivity index (χ4n) is 2.60. The van der Waals surface area contributed by atoms with Crippen LogP contribution in [0, 0.1) is 6.92 Å². The molecule has 1 aliphatic heterocycles. The van der Waals surface area contributed by atoms with Crippen molar-refractivity contribution in [3.8, 4) is 0 Å². The summed E-state index contributed by atoms with van der Waals surface area (Å²) in [5.74, 6) is 0.349. The van der Waals surface area contributed by atoms with Crippen LogP contribution in [0.5, 0.6) is 0 Å². The average molecular weight is 355 g/mol. The van der Waals surface area contributed by atoms with Crippen LogP contribution in [0.1, 0.15) is 31.7 Å². The maximum Gasteiger partial charge on any atom is 0.246 e. The molecule has 2 rings (SSSR count). The molecule has 23 heavy (non-hydrogen) atoms. The molecule has 1 unspecified atom stereocenters. The molecule has 6 heteroatoms. The Morgan fingerprint density at radius 2 is 2.00 bits per heavy atom. The van der Waals surface area contributed by atoms with Gasteiger partial charge in [-0.05, 0) is 43.9 Å². The summed E-state index contributed by atoms with van der Waals surface area (Å²) in [6.07, 6.45) is 3.25. The van der Waals surface area contributed by atoms with E-state index in [4.69, 9.17) is 11.6 Å². The Morgan fingerprint density at radius 3 is 2.61 bits per heavy atom. The number of nitrogens with one attached hydrogen (secondary N) is 1. The SMILES string of the molecule is CC(=O)NC(CSc1ccc(C)c(Cl)c1)C(=O)N1CCCCC1. The van der Waals surface area contributed by atoms with Gasteiger partial charge in [0.05, 0.1) is 0 Å². The lowest BCUT2D eigenvalue weighted by Crippen LogP contribution is -2.50. The van der Waals surface area contributed by atoms with Gasteiger partial charge in [-0.15, -0.1) is 11.8 Å². The fourth-order valence-corrected chi connectivity index (χ4v) is 3.79. The molecule has 1 fully saturated rings. The highest BCUT2D eigenvalue weighted by Crippen LogP contribution is 2.25. The minimum absolute atomic E-state index is 0.0191. The molecule has 1 aromatic rings. The number of likely N-dealkylation sites (tertiary alicyclic amines) is 1. The molecule has 0 bridgehead atoms. The van der Waals surface area contributed by atoms with Gasteiger partial charge in [-0.2, -0.15) is 0 Å². The molecule has 0 aliphatic carbocycles. The largest absolute Gasteiger partial charge is 0.344 e. The second-order valence-corrected chi connectivity index (χ2v) is 7.36. The van der Waals surface area contributed by atoms with Gasteiger partial charge in [-0.25, -0.2) is 0 Å². The zero-order valence-corrected chi connectivity index (χ0v) is 15.2. The van der Waals surface area contributed by atoms with Crippen molar-refractivity contribution in [3.05, 3.63) is 28.8 Å². The van der Waals surface area contributed by atoms with Gasteiger partial charge in [0.15, 0.2) is 0 Å². The molecular formula is C17H23ClN2O2S. The lowest BCUT2D eigenvalue weighted by Gasteiger charge is -2.30. The number of carbonyl (C=O) groups excluding carboxylic acids is 2. The topological polar surface area (TPSA) is 49.4 Å². The van der Waals surface area contributed by atoms with E-state index in [1.165, 1.54) is 25.1 Å². The van der Waals surface area contributed by atoms with Crippen LogP contribution in [0.25, 0.3) is 0 Å². The van der Waals surface area contributed by atoms with E-state index in [1.807, 2.05) is 30.0 Å². The van der Waals surface area contributed by atoms with E-state index in [0.29, 0.717) is 10.8 Å². The molecule has 1 aliphatic rings. The lowest BCUT2D eigenvalue weighted by atomic mass is 10.1. The summed E-state index contributed by atoms with van der Waals surface area (Å²) >= 11 is 7.68. The van der Waals surface area contributed by atoms with Crippen molar-refractivity contribution in [2.75, 3.05) is 18.8 Å². The van der Waals surface area contributed by atoms with E-state index >= 15 is 0 Å². The monoisotopic (exact) mass is 354 g/mol. The lowest BCUT2D eigenvalue weighted by molar-refractivity contribution is -0.136. The Bertz CT molecular complexity index is 574. The summed E-state index contributed by atoms with van der Waals surface area (Å²) in [6.45, 7) is 4.98. The molecule has 4 nitrogen and oxygen atoms in total. The van der Waals surface area contributed by atoms with Crippen LogP contribution >= 0.6 is 23.4 Å². The molecule has 0 spiro atoms. The van der Waals surface area contributed by atoms with Gasteiger partial charge in [-0.3, -0.25) is 9.59 Å². The summed E-state index contributed by atoms with van der Waals surface area (Å²) in [5.41, 5.74) is 1.03. The molecule has 1 N–H and O–H groups in total. The number of aryl methyl sites for hydroxylation is 1. The average Bonchev–Trinajstić information content (AvgIpc) is 2.54. The van der Waals surface area contributed by atoms with Gasteiger partial charge in [-0.1, -0.05) is 17.7 Å². The third-order valence-electron chi connectivity index (χ3n) is 3.90. The minimum atomic E-state index is -0.490. The number of rotatable bonds is 5. The third-order valence-corrected chi connectivity index (χ3v) is 5.40. The van der Waals surface area contributed by atoms with Crippen LogP contribution in [-0.4, -0.2) is 41.6 Å². The Hall–Kier alpha value is -1.20. The molecule has 2 amide bonds. The summed E-state index contributed by atoms with van der Waals surface area (Å²) in [4.78, 5) is 27.0. The van der Waals surface area contributed by atoms with Gasteiger partial charge in [0.25, 0.3) is 0 Å². The van der Waals surface area contributed by atoms with Crippen molar-refractivity contribution < 1.29 is 9.59 Å². The van der Waals surface area contributed by atoms with Gasteiger partial charge in [0.1, 0.15) is 6.04 Å². The van der Waals surface area contributed by atoms with Crippen LogP contribution < -0.4 is 5.32 Å². The minimum Gasteiger partial charge on any atom is -0.344 e. The zero-order valence-electron chi connectivity index (χ0n) is 13.6. The highest BCUT2D eigenvalue weighted by Gasteiger charge is 2.26. The van der Waals surface area contributed by atoms with E-state index in [1.54, 1.807) is 0 Å². The first kappa shape index (κ1) is 18.1. The highest BCUT2D eigenvalue weighted by atomic mass is 35.5. The molecule has 126 valence electrons. The van der Waals surface area contributed by atoms with Crippen LogP contribution in [0.15, 0.2) is 23.1 Å². The zero-order chi connectivity index (χ0) is 16.8. The first-order valence-electron chi connectivity index (χ1n) is 7.92. The van der Waals surface area contributed by atoms with Gasteiger partial charge < -0.3 is 10.2 Å². The number of hydrogen-bond donors (Lipinski definition) is 1. The summed E-state index contributed by atoms with van der Waals surface area (Å²) in [6, 6.07) is 5.36. The van der Waals surface area contributed by atoms with Crippen LogP contribution in [0.3, 0.4) is 0 Å². The van der Waals surface area contributed by atoms with Crippen LogP contribution in [0.4, 0.5) is 0 Å². The van der Waals surface area contributed by atoms with E-state index in [2.05, 4.69) is 5.32 Å². The maximum absolute atomic E-state index is 12.6. The standard InChI is InChI=1S/C17H23ClN2O2S/c1-12-6-7-14(10-15(12)18)23-11-16(19-13(2)21)17(22)20-8-4-3-5-9-20/h6-7,10,16H,3-5,8-9,11H2,1-2H3,(H,19,21). The van der Waals surface area contributed by atoms with Crippen molar-refractivity contribution in [1.82, 2.24) is 10.2 Å². The van der Waals surface area contributed by atoms with Gasteiger partial charge in [0.2, 0.25) is 11.8 Å². The molecule has 1 aromatic carbocycles. The molecule has 1 atom stereocenters. The quantitative estimate of drug-likeness (QED) is 0.826.